The zero-order valence-corrected chi connectivity index (χ0v) is 12.1. The molecule has 0 aliphatic carbocycles. The second-order valence-electron chi connectivity index (χ2n) is 4.44. The third-order valence-electron chi connectivity index (χ3n) is 2.96. The molecule has 0 atom stereocenters. The van der Waals surface area contributed by atoms with Crippen LogP contribution in [0.25, 0.3) is 0 Å². The van der Waals surface area contributed by atoms with Crippen LogP contribution in [0, 0.1) is 0 Å². The molecule has 0 aromatic carbocycles. The molecule has 0 radical (unpaired) electrons. The van der Waals surface area contributed by atoms with Crippen LogP contribution in [0.2, 0.25) is 0 Å². The Morgan fingerprint density at radius 1 is 1.28 bits per heavy atom. The third-order valence-corrected chi connectivity index (χ3v) is 3.99. The van der Waals surface area contributed by atoms with E-state index in [1.807, 2.05) is 18.5 Å². The second-order valence-corrected chi connectivity index (χ2v) is 6.70. The zero-order chi connectivity index (χ0) is 13.8. The van der Waals surface area contributed by atoms with Gasteiger partial charge in [0, 0.05) is 24.1 Å². The lowest BCUT2D eigenvalue weighted by molar-refractivity contribution is 0.279. The average molecular weight is 274 g/mol. The fourth-order valence-electron chi connectivity index (χ4n) is 2.11. The lowest BCUT2D eigenvalue weighted by Crippen LogP contribution is -2.10. The van der Waals surface area contributed by atoms with Crippen molar-refractivity contribution < 1.29 is 13.5 Å². The maximum absolute atomic E-state index is 11.1. The molecule has 0 aliphatic rings. The summed E-state index contributed by atoms with van der Waals surface area (Å²) in [6.07, 6.45) is 3.37. The Bertz CT molecular complexity index is 492. The summed E-state index contributed by atoms with van der Waals surface area (Å²) < 4.78 is 24.0. The van der Waals surface area contributed by atoms with Crippen molar-refractivity contribution in [3.05, 3.63) is 17.0 Å². The molecule has 1 aromatic heterocycles. The number of aryl methyl sites for hydroxylation is 2. The molecule has 0 bridgehead atoms. The van der Waals surface area contributed by atoms with Crippen LogP contribution >= 0.6 is 0 Å². The Hall–Kier alpha value is -0.880. The first kappa shape index (κ1) is 15.2. The van der Waals surface area contributed by atoms with E-state index in [0.717, 1.165) is 29.8 Å². The van der Waals surface area contributed by atoms with Gasteiger partial charge < -0.3 is 5.11 Å². The van der Waals surface area contributed by atoms with Gasteiger partial charge in [0.25, 0.3) is 0 Å². The van der Waals surface area contributed by atoms with E-state index in [-0.39, 0.29) is 12.4 Å². The maximum atomic E-state index is 11.1. The fourth-order valence-corrected chi connectivity index (χ4v) is 2.77. The minimum atomic E-state index is -2.92. The number of aliphatic hydroxyl groups excluding tert-OH is 1. The quantitative estimate of drug-likeness (QED) is 0.803. The third kappa shape index (κ3) is 3.81. The standard InChI is InChI=1S/C12H22N2O3S/c1-4-11-10(9-15)12(5-2)14(13-11)7-6-8-18(3,16)17/h15H,4-9H2,1-3H3. The number of hydrogen-bond donors (Lipinski definition) is 1. The van der Waals surface area contributed by atoms with Crippen LogP contribution in [0.15, 0.2) is 0 Å². The highest BCUT2D eigenvalue weighted by Crippen LogP contribution is 2.16. The van der Waals surface area contributed by atoms with E-state index in [9.17, 15) is 13.5 Å². The molecule has 0 amide bonds. The van der Waals surface area contributed by atoms with Crippen molar-refractivity contribution in [1.82, 2.24) is 9.78 Å². The van der Waals surface area contributed by atoms with Crippen LogP contribution in [0.3, 0.4) is 0 Å². The van der Waals surface area contributed by atoms with Gasteiger partial charge in [0.1, 0.15) is 9.84 Å². The summed E-state index contributed by atoms with van der Waals surface area (Å²) in [5, 5.41) is 13.8. The average Bonchev–Trinajstić information content (AvgIpc) is 2.64. The second kappa shape index (κ2) is 6.33. The van der Waals surface area contributed by atoms with Crippen LogP contribution in [-0.4, -0.2) is 35.3 Å². The normalized spacial score (nSPS) is 12.0. The van der Waals surface area contributed by atoms with Crippen molar-refractivity contribution in [1.29, 1.82) is 0 Å². The molecule has 0 saturated heterocycles. The van der Waals surface area contributed by atoms with Gasteiger partial charge in [-0.15, -0.1) is 0 Å². The first-order chi connectivity index (χ1) is 8.42. The Labute approximate surface area is 109 Å². The van der Waals surface area contributed by atoms with Crippen molar-refractivity contribution in [3.63, 3.8) is 0 Å². The first-order valence-corrected chi connectivity index (χ1v) is 8.35. The molecule has 0 aliphatic heterocycles. The van der Waals surface area contributed by atoms with Crippen molar-refractivity contribution in [3.8, 4) is 0 Å². The topological polar surface area (TPSA) is 72.2 Å². The van der Waals surface area contributed by atoms with E-state index in [0.29, 0.717) is 13.0 Å². The van der Waals surface area contributed by atoms with Crippen LogP contribution in [0.1, 0.15) is 37.2 Å². The lowest BCUT2D eigenvalue weighted by Gasteiger charge is -2.06. The van der Waals surface area contributed by atoms with Crippen molar-refractivity contribution >= 4 is 9.84 Å². The van der Waals surface area contributed by atoms with Crippen molar-refractivity contribution in [2.24, 2.45) is 0 Å². The molecule has 1 heterocycles. The molecule has 0 unspecified atom stereocenters. The van der Waals surface area contributed by atoms with Crippen LogP contribution in [-0.2, 0) is 35.8 Å². The van der Waals surface area contributed by atoms with Gasteiger partial charge in [0.05, 0.1) is 18.1 Å². The number of aromatic nitrogens is 2. The highest BCUT2D eigenvalue weighted by atomic mass is 32.2. The molecule has 1 aromatic rings. The predicted molar refractivity (Wildman–Crippen MR) is 71.2 cm³/mol. The summed E-state index contributed by atoms with van der Waals surface area (Å²) >= 11 is 0. The molecule has 1 rings (SSSR count). The Balaban J connectivity index is 2.85. The molecule has 6 heteroatoms. The highest BCUT2D eigenvalue weighted by molar-refractivity contribution is 7.90. The SMILES string of the molecule is CCc1nn(CCCS(C)(=O)=O)c(CC)c1CO. The van der Waals surface area contributed by atoms with Gasteiger partial charge in [-0.2, -0.15) is 5.10 Å². The summed E-state index contributed by atoms with van der Waals surface area (Å²) in [7, 11) is -2.92. The molecule has 5 nitrogen and oxygen atoms in total. The van der Waals surface area contributed by atoms with Crippen molar-refractivity contribution in [2.45, 2.75) is 46.3 Å². The summed E-state index contributed by atoms with van der Waals surface area (Å²) in [6.45, 7) is 4.60. The fraction of sp³-hybridized carbons (Fsp3) is 0.750. The van der Waals surface area contributed by atoms with E-state index >= 15 is 0 Å². The summed E-state index contributed by atoms with van der Waals surface area (Å²) in [5.41, 5.74) is 2.83. The molecule has 0 fully saturated rings. The van der Waals surface area contributed by atoms with E-state index in [4.69, 9.17) is 0 Å². The maximum Gasteiger partial charge on any atom is 0.147 e. The van der Waals surface area contributed by atoms with Gasteiger partial charge in [0.2, 0.25) is 0 Å². The molecule has 104 valence electrons. The first-order valence-electron chi connectivity index (χ1n) is 6.28. The van der Waals surface area contributed by atoms with Gasteiger partial charge >= 0.3 is 0 Å². The Morgan fingerprint density at radius 3 is 2.39 bits per heavy atom. The van der Waals surface area contributed by atoms with Gasteiger partial charge in [-0.25, -0.2) is 8.42 Å². The summed E-state index contributed by atoms with van der Waals surface area (Å²) in [5.74, 6) is 0.173. The van der Waals surface area contributed by atoms with Crippen LogP contribution in [0.5, 0.6) is 0 Å². The minimum Gasteiger partial charge on any atom is -0.392 e. The van der Waals surface area contributed by atoms with Crippen LogP contribution in [0.4, 0.5) is 0 Å². The smallest absolute Gasteiger partial charge is 0.147 e. The lowest BCUT2D eigenvalue weighted by atomic mass is 10.1. The molecule has 18 heavy (non-hydrogen) atoms. The number of hydrogen-bond acceptors (Lipinski definition) is 4. The Kier molecular flexibility index (Phi) is 5.34. The van der Waals surface area contributed by atoms with Crippen molar-refractivity contribution in [2.75, 3.05) is 12.0 Å². The van der Waals surface area contributed by atoms with E-state index in [1.54, 1.807) is 0 Å². The number of sulfone groups is 1. The van der Waals surface area contributed by atoms with E-state index in [1.165, 1.54) is 6.26 Å². The largest absolute Gasteiger partial charge is 0.392 e. The molecule has 1 N–H and O–H groups in total. The summed E-state index contributed by atoms with van der Waals surface area (Å²) in [4.78, 5) is 0. The highest BCUT2D eigenvalue weighted by Gasteiger charge is 2.14. The van der Waals surface area contributed by atoms with Gasteiger partial charge in [0.15, 0.2) is 0 Å². The van der Waals surface area contributed by atoms with Crippen LogP contribution < -0.4 is 0 Å². The predicted octanol–water partition coefficient (Wildman–Crippen LogP) is 0.935. The van der Waals surface area contributed by atoms with E-state index in [2.05, 4.69) is 5.10 Å². The number of rotatable bonds is 7. The number of aliphatic hydroxyl groups is 1. The Morgan fingerprint density at radius 2 is 1.94 bits per heavy atom. The van der Waals surface area contributed by atoms with Gasteiger partial charge in [-0.05, 0) is 19.3 Å². The zero-order valence-electron chi connectivity index (χ0n) is 11.3. The molecule has 0 saturated carbocycles. The summed E-state index contributed by atoms with van der Waals surface area (Å²) in [6, 6.07) is 0. The number of nitrogens with zero attached hydrogens (tertiary/aromatic N) is 2. The van der Waals surface area contributed by atoms with Gasteiger partial charge in [-0.3, -0.25) is 4.68 Å². The van der Waals surface area contributed by atoms with E-state index < -0.39 is 9.84 Å². The monoisotopic (exact) mass is 274 g/mol. The molecular weight excluding hydrogens is 252 g/mol. The molecular formula is C12H22N2O3S. The minimum absolute atomic E-state index is 0.00156. The van der Waals surface area contributed by atoms with Gasteiger partial charge in [-0.1, -0.05) is 13.8 Å². The molecule has 0 spiro atoms.